The second-order valence-electron chi connectivity index (χ2n) is 7.41. The van der Waals surface area contributed by atoms with Crippen LogP contribution in [0, 0.1) is 17.8 Å². The van der Waals surface area contributed by atoms with Crippen LogP contribution in [-0.2, 0) is 4.74 Å². The van der Waals surface area contributed by atoms with Crippen molar-refractivity contribution in [3.05, 3.63) is 0 Å². The standard InChI is InChI=1S/C17H31BrO/c1-13(2)15-7-9-17(12-18,10-8-15)19-16-6-4-5-14(3)11-16/h13-16H,4-12H2,1-3H3. The number of rotatable bonds is 4. The van der Waals surface area contributed by atoms with Gasteiger partial charge in [-0.2, -0.15) is 0 Å². The number of ether oxygens (including phenoxy) is 1. The lowest BCUT2D eigenvalue weighted by Gasteiger charge is -2.43. The minimum absolute atomic E-state index is 0.146. The molecule has 0 radical (unpaired) electrons. The molecule has 2 heteroatoms. The number of alkyl halides is 1. The molecule has 2 rings (SSSR count). The summed E-state index contributed by atoms with van der Waals surface area (Å²) >= 11 is 3.74. The summed E-state index contributed by atoms with van der Waals surface area (Å²) < 4.78 is 6.62. The van der Waals surface area contributed by atoms with Gasteiger partial charge in [-0.25, -0.2) is 0 Å². The smallest absolute Gasteiger partial charge is 0.0782 e. The Morgan fingerprint density at radius 2 is 1.84 bits per heavy atom. The molecule has 0 amide bonds. The van der Waals surface area contributed by atoms with Gasteiger partial charge in [-0.05, 0) is 56.3 Å². The fourth-order valence-corrected chi connectivity index (χ4v) is 4.65. The SMILES string of the molecule is CC1CCCC(OC2(CBr)CCC(C(C)C)CC2)C1. The van der Waals surface area contributed by atoms with Gasteiger partial charge >= 0.3 is 0 Å². The van der Waals surface area contributed by atoms with Crippen LogP contribution in [0.15, 0.2) is 0 Å². The first kappa shape index (κ1) is 15.8. The van der Waals surface area contributed by atoms with Crippen LogP contribution in [0.25, 0.3) is 0 Å². The van der Waals surface area contributed by atoms with Gasteiger partial charge in [-0.1, -0.05) is 49.5 Å². The lowest BCUT2D eigenvalue weighted by atomic mass is 9.75. The topological polar surface area (TPSA) is 9.23 Å². The van der Waals surface area contributed by atoms with E-state index in [0.717, 1.165) is 23.1 Å². The average Bonchev–Trinajstić information content (AvgIpc) is 2.39. The van der Waals surface area contributed by atoms with Crippen LogP contribution in [-0.4, -0.2) is 17.0 Å². The lowest BCUT2D eigenvalue weighted by Crippen LogP contribution is -2.43. The number of hydrogen-bond donors (Lipinski definition) is 0. The molecule has 2 unspecified atom stereocenters. The summed E-state index contributed by atoms with van der Waals surface area (Å²) in [6.45, 7) is 7.12. The third kappa shape index (κ3) is 4.20. The van der Waals surface area contributed by atoms with Crippen LogP contribution in [0.2, 0.25) is 0 Å². The van der Waals surface area contributed by atoms with Crippen molar-refractivity contribution in [3.8, 4) is 0 Å². The van der Waals surface area contributed by atoms with Crippen LogP contribution in [0.3, 0.4) is 0 Å². The highest BCUT2D eigenvalue weighted by molar-refractivity contribution is 9.09. The summed E-state index contributed by atoms with van der Waals surface area (Å²) in [5.41, 5.74) is 0.146. The summed E-state index contributed by atoms with van der Waals surface area (Å²) in [6.07, 6.45) is 11.1. The molecular weight excluding hydrogens is 300 g/mol. The van der Waals surface area contributed by atoms with Gasteiger partial charge in [0, 0.05) is 5.33 Å². The number of hydrogen-bond acceptors (Lipinski definition) is 1. The maximum atomic E-state index is 6.62. The van der Waals surface area contributed by atoms with Gasteiger partial charge in [0.25, 0.3) is 0 Å². The molecule has 0 N–H and O–H groups in total. The van der Waals surface area contributed by atoms with Crippen LogP contribution < -0.4 is 0 Å². The molecule has 2 aliphatic rings. The molecule has 0 heterocycles. The zero-order valence-electron chi connectivity index (χ0n) is 13.0. The summed E-state index contributed by atoms with van der Waals surface area (Å²) in [5.74, 6) is 2.61. The van der Waals surface area contributed by atoms with Crippen molar-refractivity contribution in [2.75, 3.05) is 5.33 Å². The van der Waals surface area contributed by atoms with Crippen molar-refractivity contribution in [2.24, 2.45) is 17.8 Å². The first-order valence-electron chi connectivity index (χ1n) is 8.28. The third-order valence-electron chi connectivity index (χ3n) is 5.43. The van der Waals surface area contributed by atoms with E-state index in [0.29, 0.717) is 6.10 Å². The van der Waals surface area contributed by atoms with E-state index in [2.05, 4.69) is 36.7 Å². The van der Waals surface area contributed by atoms with E-state index < -0.39 is 0 Å². The van der Waals surface area contributed by atoms with E-state index in [-0.39, 0.29) is 5.60 Å². The first-order valence-corrected chi connectivity index (χ1v) is 9.40. The van der Waals surface area contributed by atoms with Crippen LogP contribution in [0.5, 0.6) is 0 Å². The van der Waals surface area contributed by atoms with Crippen molar-refractivity contribution in [3.63, 3.8) is 0 Å². The van der Waals surface area contributed by atoms with Crippen molar-refractivity contribution < 1.29 is 4.74 Å². The van der Waals surface area contributed by atoms with Gasteiger partial charge in [0.05, 0.1) is 11.7 Å². The fraction of sp³-hybridized carbons (Fsp3) is 1.00. The zero-order valence-corrected chi connectivity index (χ0v) is 14.5. The Hall–Kier alpha value is 0.440. The Kier molecular flexibility index (Phi) is 5.77. The van der Waals surface area contributed by atoms with Gasteiger partial charge in [0.2, 0.25) is 0 Å². The van der Waals surface area contributed by atoms with Crippen LogP contribution >= 0.6 is 15.9 Å². The quantitative estimate of drug-likeness (QED) is 0.613. The second-order valence-corrected chi connectivity index (χ2v) is 7.97. The third-order valence-corrected chi connectivity index (χ3v) is 6.45. The minimum Gasteiger partial charge on any atom is -0.371 e. The van der Waals surface area contributed by atoms with Gasteiger partial charge in [-0.15, -0.1) is 0 Å². The van der Waals surface area contributed by atoms with Gasteiger partial charge in [0.1, 0.15) is 0 Å². The maximum absolute atomic E-state index is 6.62. The molecule has 0 aromatic heterocycles. The molecule has 19 heavy (non-hydrogen) atoms. The van der Waals surface area contributed by atoms with Crippen molar-refractivity contribution >= 4 is 15.9 Å². The summed E-state index contributed by atoms with van der Waals surface area (Å²) in [6, 6.07) is 0. The minimum atomic E-state index is 0.146. The summed E-state index contributed by atoms with van der Waals surface area (Å²) in [7, 11) is 0. The molecule has 2 atom stereocenters. The van der Waals surface area contributed by atoms with Gasteiger partial charge in [-0.3, -0.25) is 0 Å². The normalized spacial score (nSPS) is 40.6. The average molecular weight is 331 g/mol. The molecular formula is C17H31BrO. The van der Waals surface area contributed by atoms with E-state index in [1.165, 1.54) is 51.4 Å². The highest BCUT2D eigenvalue weighted by atomic mass is 79.9. The molecule has 0 spiro atoms. The molecule has 112 valence electrons. The van der Waals surface area contributed by atoms with Crippen molar-refractivity contribution in [1.82, 2.24) is 0 Å². The lowest BCUT2D eigenvalue weighted by molar-refractivity contribution is -0.121. The van der Waals surface area contributed by atoms with Gasteiger partial charge in [0.15, 0.2) is 0 Å². The van der Waals surface area contributed by atoms with E-state index in [1.54, 1.807) is 0 Å². The predicted octanol–water partition coefficient (Wildman–Crippen LogP) is 5.56. The van der Waals surface area contributed by atoms with E-state index in [4.69, 9.17) is 4.74 Å². The Morgan fingerprint density at radius 3 is 2.37 bits per heavy atom. The monoisotopic (exact) mass is 330 g/mol. The second kappa shape index (κ2) is 6.93. The maximum Gasteiger partial charge on any atom is 0.0782 e. The van der Waals surface area contributed by atoms with Crippen molar-refractivity contribution in [1.29, 1.82) is 0 Å². The molecule has 0 saturated heterocycles. The molecule has 1 nitrogen and oxygen atoms in total. The van der Waals surface area contributed by atoms with Crippen molar-refractivity contribution in [2.45, 2.75) is 83.8 Å². The Balaban J connectivity index is 1.89. The molecule has 2 aliphatic carbocycles. The molecule has 0 aromatic rings. The van der Waals surface area contributed by atoms with Crippen LogP contribution in [0.4, 0.5) is 0 Å². The van der Waals surface area contributed by atoms with E-state index in [9.17, 15) is 0 Å². The summed E-state index contributed by atoms with van der Waals surface area (Å²) in [4.78, 5) is 0. The molecule has 2 fully saturated rings. The fourth-order valence-electron chi connectivity index (χ4n) is 3.95. The molecule has 0 aliphatic heterocycles. The van der Waals surface area contributed by atoms with Gasteiger partial charge < -0.3 is 4.74 Å². The van der Waals surface area contributed by atoms with Crippen LogP contribution in [0.1, 0.15) is 72.1 Å². The Labute approximate surface area is 128 Å². The predicted molar refractivity (Wildman–Crippen MR) is 85.8 cm³/mol. The first-order chi connectivity index (χ1) is 9.04. The summed E-state index contributed by atoms with van der Waals surface area (Å²) in [5, 5.41) is 1.02. The Morgan fingerprint density at radius 1 is 1.16 bits per heavy atom. The highest BCUT2D eigenvalue weighted by Gasteiger charge is 2.38. The molecule has 2 saturated carbocycles. The van der Waals surface area contributed by atoms with E-state index >= 15 is 0 Å². The highest BCUT2D eigenvalue weighted by Crippen LogP contribution is 2.41. The zero-order chi connectivity index (χ0) is 13.9. The van der Waals surface area contributed by atoms with E-state index in [1.807, 2.05) is 0 Å². The molecule has 0 bridgehead atoms. The largest absolute Gasteiger partial charge is 0.371 e. The number of halogens is 1. The molecule has 0 aromatic carbocycles. The Bertz CT molecular complexity index is 268.